The molecule has 5 rings (SSSR count). The molecule has 1 amide bonds. The van der Waals surface area contributed by atoms with Crippen LogP contribution in [0.3, 0.4) is 0 Å². The van der Waals surface area contributed by atoms with Crippen LogP contribution in [0.15, 0.2) is 91.3 Å². The van der Waals surface area contributed by atoms with Crippen molar-refractivity contribution >= 4 is 23.2 Å². The zero-order chi connectivity index (χ0) is 25.1. The largest absolute Gasteiger partial charge is 0.508 e. The Kier molecular flexibility index (Phi) is 6.78. The number of carbonyl (C=O) groups is 1. The van der Waals surface area contributed by atoms with E-state index in [2.05, 4.69) is 9.88 Å². The second-order valence-electron chi connectivity index (χ2n) is 8.83. The highest BCUT2D eigenvalue weighted by Gasteiger charge is 2.28. The summed E-state index contributed by atoms with van der Waals surface area (Å²) in [6, 6.07) is 23.5. The van der Waals surface area contributed by atoms with Crippen LogP contribution in [0.2, 0.25) is 5.02 Å². The monoisotopic (exact) mass is 499 g/mol. The van der Waals surface area contributed by atoms with Crippen LogP contribution < -0.4 is 4.90 Å². The van der Waals surface area contributed by atoms with E-state index >= 15 is 0 Å². The van der Waals surface area contributed by atoms with Crippen LogP contribution in [-0.4, -0.2) is 52.2 Å². The number of aromatic hydroxyl groups is 2. The highest BCUT2D eigenvalue weighted by atomic mass is 35.5. The smallest absolute Gasteiger partial charge is 0.254 e. The summed E-state index contributed by atoms with van der Waals surface area (Å²) in [5.41, 5.74) is 4.28. The predicted octanol–water partition coefficient (Wildman–Crippen LogP) is 5.29. The highest BCUT2D eigenvalue weighted by Crippen LogP contribution is 2.35. The van der Waals surface area contributed by atoms with Gasteiger partial charge in [-0.05, 0) is 71.3 Å². The van der Waals surface area contributed by atoms with Crippen LogP contribution in [0.1, 0.15) is 33.0 Å². The lowest BCUT2D eigenvalue weighted by molar-refractivity contribution is 0.0745. The first-order valence-electron chi connectivity index (χ1n) is 11.8. The molecule has 0 radical (unpaired) electrons. The summed E-state index contributed by atoms with van der Waals surface area (Å²) in [4.78, 5) is 22.3. The Morgan fingerprint density at radius 3 is 1.89 bits per heavy atom. The Morgan fingerprint density at radius 1 is 0.778 bits per heavy atom. The van der Waals surface area contributed by atoms with Crippen LogP contribution in [0.25, 0.3) is 0 Å². The molecule has 7 heteroatoms. The average molecular weight is 500 g/mol. The number of hydrogen-bond acceptors (Lipinski definition) is 5. The molecule has 0 unspecified atom stereocenters. The van der Waals surface area contributed by atoms with Crippen molar-refractivity contribution in [3.63, 3.8) is 0 Å². The summed E-state index contributed by atoms with van der Waals surface area (Å²) < 4.78 is 0. The number of phenols is 2. The van der Waals surface area contributed by atoms with Crippen molar-refractivity contribution in [1.29, 1.82) is 0 Å². The van der Waals surface area contributed by atoms with Crippen LogP contribution >= 0.6 is 11.6 Å². The highest BCUT2D eigenvalue weighted by molar-refractivity contribution is 6.30. The molecule has 0 aliphatic carbocycles. The van der Waals surface area contributed by atoms with Gasteiger partial charge in [0.15, 0.2) is 0 Å². The number of pyridine rings is 1. The molecule has 1 fully saturated rings. The van der Waals surface area contributed by atoms with Gasteiger partial charge in [-0.25, -0.2) is 0 Å². The lowest BCUT2D eigenvalue weighted by Gasteiger charge is -2.36. The molecule has 36 heavy (non-hydrogen) atoms. The van der Waals surface area contributed by atoms with Gasteiger partial charge >= 0.3 is 0 Å². The average Bonchev–Trinajstić information content (AvgIpc) is 2.91. The van der Waals surface area contributed by atoms with Gasteiger partial charge in [-0.2, -0.15) is 0 Å². The van der Waals surface area contributed by atoms with E-state index in [1.165, 1.54) is 0 Å². The number of nitrogens with zero attached hydrogens (tertiary/aromatic N) is 3. The van der Waals surface area contributed by atoms with Gasteiger partial charge in [-0.3, -0.25) is 9.78 Å². The molecule has 0 spiro atoms. The number of anilines is 1. The van der Waals surface area contributed by atoms with Crippen LogP contribution in [0, 0.1) is 0 Å². The molecular weight excluding hydrogens is 474 g/mol. The van der Waals surface area contributed by atoms with Crippen LogP contribution in [-0.2, 0) is 0 Å². The van der Waals surface area contributed by atoms with E-state index in [0.717, 1.165) is 35.5 Å². The molecule has 4 aromatic rings. The first kappa shape index (κ1) is 23.7. The SMILES string of the molecule is O=C(c1ccncc1C(c1ccc(O)cc1)c1ccc(O)cc1)N1CCN(c2ccc(Cl)cc2)CC1. The number of hydrogen-bond donors (Lipinski definition) is 2. The zero-order valence-corrected chi connectivity index (χ0v) is 20.3. The summed E-state index contributed by atoms with van der Waals surface area (Å²) in [6.07, 6.45) is 3.38. The summed E-state index contributed by atoms with van der Waals surface area (Å²) in [6.45, 7) is 2.67. The zero-order valence-electron chi connectivity index (χ0n) is 19.6. The van der Waals surface area contributed by atoms with Gasteiger partial charge in [0, 0.05) is 60.8 Å². The number of rotatable bonds is 5. The van der Waals surface area contributed by atoms with Crippen LogP contribution in [0.5, 0.6) is 11.5 Å². The second-order valence-corrected chi connectivity index (χ2v) is 9.27. The first-order valence-corrected chi connectivity index (χ1v) is 12.2. The Balaban J connectivity index is 1.44. The Morgan fingerprint density at radius 2 is 1.33 bits per heavy atom. The molecule has 1 saturated heterocycles. The van der Waals surface area contributed by atoms with Gasteiger partial charge < -0.3 is 20.0 Å². The maximum Gasteiger partial charge on any atom is 0.254 e. The lowest BCUT2D eigenvalue weighted by atomic mass is 9.83. The third kappa shape index (κ3) is 4.99. The molecule has 0 bridgehead atoms. The van der Waals surface area contributed by atoms with Gasteiger partial charge in [0.2, 0.25) is 0 Å². The minimum Gasteiger partial charge on any atom is -0.508 e. The lowest BCUT2D eigenvalue weighted by Crippen LogP contribution is -2.49. The Bertz CT molecular complexity index is 1290. The number of carbonyl (C=O) groups excluding carboxylic acids is 1. The van der Waals surface area contributed by atoms with Crippen molar-refractivity contribution in [1.82, 2.24) is 9.88 Å². The van der Waals surface area contributed by atoms with E-state index in [1.807, 2.05) is 53.4 Å². The molecule has 6 nitrogen and oxygen atoms in total. The molecule has 3 aromatic carbocycles. The first-order chi connectivity index (χ1) is 17.5. The third-order valence-electron chi connectivity index (χ3n) is 6.60. The van der Waals surface area contributed by atoms with Gasteiger partial charge in [-0.15, -0.1) is 0 Å². The third-order valence-corrected chi connectivity index (χ3v) is 6.86. The predicted molar refractivity (Wildman–Crippen MR) is 141 cm³/mol. The van der Waals surface area contributed by atoms with E-state index in [0.29, 0.717) is 23.7 Å². The molecular formula is C29H26ClN3O3. The fourth-order valence-electron chi connectivity index (χ4n) is 4.71. The fraction of sp³-hybridized carbons (Fsp3) is 0.172. The normalized spacial score (nSPS) is 13.7. The van der Waals surface area contributed by atoms with E-state index in [9.17, 15) is 15.0 Å². The second kappa shape index (κ2) is 10.3. The number of piperazine rings is 1. The molecule has 1 aliphatic rings. The molecule has 2 heterocycles. The topological polar surface area (TPSA) is 76.9 Å². The quantitative estimate of drug-likeness (QED) is 0.390. The van der Waals surface area contributed by atoms with Crippen molar-refractivity contribution < 1.29 is 15.0 Å². The molecule has 182 valence electrons. The van der Waals surface area contributed by atoms with Gasteiger partial charge in [0.1, 0.15) is 11.5 Å². The fourth-order valence-corrected chi connectivity index (χ4v) is 4.83. The summed E-state index contributed by atoms with van der Waals surface area (Å²) in [5, 5.41) is 20.4. The van der Waals surface area contributed by atoms with Gasteiger partial charge in [0.05, 0.1) is 0 Å². The van der Waals surface area contributed by atoms with Crippen LogP contribution in [0.4, 0.5) is 5.69 Å². The summed E-state index contributed by atoms with van der Waals surface area (Å²) in [7, 11) is 0. The van der Waals surface area contributed by atoms with E-state index in [1.54, 1.807) is 42.7 Å². The number of halogens is 1. The van der Waals surface area contributed by atoms with Gasteiger partial charge in [0.25, 0.3) is 5.91 Å². The van der Waals surface area contributed by atoms with Gasteiger partial charge in [-0.1, -0.05) is 35.9 Å². The maximum absolute atomic E-state index is 13.8. The maximum atomic E-state index is 13.8. The van der Waals surface area contributed by atoms with Crippen molar-refractivity contribution in [2.75, 3.05) is 31.1 Å². The minimum atomic E-state index is -0.297. The van der Waals surface area contributed by atoms with Crippen molar-refractivity contribution in [3.8, 4) is 11.5 Å². The molecule has 2 N–H and O–H groups in total. The molecule has 0 atom stereocenters. The van der Waals surface area contributed by atoms with E-state index < -0.39 is 0 Å². The number of phenolic OH excluding ortho intramolecular Hbond substituents is 2. The number of aromatic nitrogens is 1. The minimum absolute atomic E-state index is 0.0364. The van der Waals surface area contributed by atoms with Crippen molar-refractivity contribution in [2.45, 2.75) is 5.92 Å². The molecule has 1 aliphatic heterocycles. The standard InChI is InChI=1S/C29H26ClN3O3/c30-22-5-7-23(8-6-22)32-15-17-33(18-16-32)29(36)26-13-14-31-19-27(26)28(20-1-9-24(34)10-2-20)21-3-11-25(35)12-4-21/h1-14,19,28,34-35H,15-18H2. The Hall–Kier alpha value is -4.03. The van der Waals surface area contributed by atoms with E-state index in [-0.39, 0.29) is 23.3 Å². The van der Waals surface area contributed by atoms with Crippen molar-refractivity contribution in [2.24, 2.45) is 0 Å². The summed E-state index contributed by atoms with van der Waals surface area (Å²) >= 11 is 6.03. The Labute approximate surface area is 215 Å². The number of benzene rings is 3. The summed E-state index contributed by atoms with van der Waals surface area (Å²) in [5.74, 6) is 0.00780. The molecule has 1 aromatic heterocycles. The van der Waals surface area contributed by atoms with E-state index in [4.69, 9.17) is 11.6 Å². The number of amides is 1. The molecule has 0 saturated carbocycles. The van der Waals surface area contributed by atoms with Crippen molar-refractivity contribution in [3.05, 3.63) is 119 Å².